The van der Waals surface area contributed by atoms with Gasteiger partial charge in [0.25, 0.3) is 6.43 Å². The van der Waals surface area contributed by atoms with E-state index in [1.807, 2.05) is 0 Å². The van der Waals surface area contributed by atoms with E-state index in [2.05, 4.69) is 36.8 Å². The van der Waals surface area contributed by atoms with Crippen molar-refractivity contribution in [3.8, 4) is 0 Å². The number of rotatable bonds is 4. The van der Waals surface area contributed by atoms with Gasteiger partial charge in [-0.15, -0.1) is 0 Å². The summed E-state index contributed by atoms with van der Waals surface area (Å²) in [6.45, 7) is 1.72. The lowest BCUT2D eigenvalue weighted by atomic mass is 10.2. The first-order chi connectivity index (χ1) is 8.01. The highest BCUT2D eigenvalue weighted by Crippen LogP contribution is 2.28. The maximum atomic E-state index is 12.8. The lowest BCUT2D eigenvalue weighted by Gasteiger charge is -2.10. The van der Waals surface area contributed by atoms with Crippen LogP contribution < -0.4 is 0 Å². The highest BCUT2D eigenvalue weighted by atomic mass is 79.9. The zero-order chi connectivity index (χ0) is 13.0. The Kier molecular flexibility index (Phi) is 5.45. The number of aromatic nitrogens is 1. The van der Waals surface area contributed by atoms with E-state index in [1.165, 1.54) is 6.07 Å². The first-order valence-electron chi connectivity index (χ1n) is 4.71. The largest absolute Gasteiger partial charge is 0.461 e. The number of hydrogen-bond donors (Lipinski definition) is 0. The van der Waals surface area contributed by atoms with Crippen LogP contribution in [-0.4, -0.2) is 17.6 Å². The van der Waals surface area contributed by atoms with Gasteiger partial charge in [0, 0.05) is 9.80 Å². The monoisotopic (exact) mass is 371 g/mol. The van der Waals surface area contributed by atoms with E-state index in [1.54, 1.807) is 6.92 Å². The quantitative estimate of drug-likeness (QED) is 0.595. The summed E-state index contributed by atoms with van der Waals surface area (Å²) >= 11 is 6.28. The molecule has 0 fully saturated rings. The Hall–Kier alpha value is -0.560. The number of nitrogens with zero attached hydrogens (tertiary/aromatic N) is 1. The summed E-state index contributed by atoms with van der Waals surface area (Å²) in [4.78, 5) is 15.4. The Bertz CT molecular complexity index is 427. The van der Waals surface area contributed by atoms with E-state index in [4.69, 9.17) is 4.74 Å². The third-order valence-corrected chi connectivity index (χ3v) is 3.13. The van der Waals surface area contributed by atoms with Crippen LogP contribution in [0.15, 0.2) is 10.5 Å². The Morgan fingerprint density at radius 1 is 1.59 bits per heavy atom. The van der Waals surface area contributed by atoms with Gasteiger partial charge in [-0.3, -0.25) is 0 Å². The second-order valence-electron chi connectivity index (χ2n) is 3.01. The Labute approximate surface area is 114 Å². The molecular weight excluding hydrogens is 364 g/mol. The molecule has 0 aromatic carbocycles. The van der Waals surface area contributed by atoms with Crippen molar-refractivity contribution in [2.24, 2.45) is 0 Å². The molecule has 1 aromatic rings. The van der Waals surface area contributed by atoms with Gasteiger partial charge in [-0.2, -0.15) is 0 Å². The Morgan fingerprint density at radius 3 is 2.71 bits per heavy atom. The molecule has 0 aliphatic carbocycles. The summed E-state index contributed by atoms with van der Waals surface area (Å²) < 4.78 is 30.6. The number of carbonyl (C=O) groups excluding carboxylic acids is 1. The molecule has 1 rings (SSSR count). The van der Waals surface area contributed by atoms with Crippen LogP contribution in [0, 0.1) is 0 Å². The fraction of sp³-hybridized carbons (Fsp3) is 0.400. The van der Waals surface area contributed by atoms with Gasteiger partial charge in [0.15, 0.2) is 5.69 Å². The summed E-state index contributed by atoms with van der Waals surface area (Å²) in [6, 6.07) is 1.19. The predicted octanol–water partition coefficient (Wildman–Crippen LogP) is 3.85. The lowest BCUT2D eigenvalue weighted by molar-refractivity contribution is 0.0507. The maximum Gasteiger partial charge on any atom is 0.357 e. The van der Waals surface area contributed by atoms with Crippen molar-refractivity contribution in [1.29, 1.82) is 0 Å². The predicted molar refractivity (Wildman–Crippen MR) is 65.5 cm³/mol. The van der Waals surface area contributed by atoms with Crippen molar-refractivity contribution in [3.05, 3.63) is 27.5 Å². The standard InChI is InChI=1S/C10H9Br2F2NO2/c1-2-17-10(16)8-5(9(13)14)3-6(12)7(4-11)15-8/h3,9H,2,4H2,1H3. The van der Waals surface area contributed by atoms with Crippen LogP contribution in [0.25, 0.3) is 0 Å². The van der Waals surface area contributed by atoms with Gasteiger partial charge in [-0.05, 0) is 28.9 Å². The fourth-order valence-electron chi connectivity index (χ4n) is 1.16. The minimum atomic E-state index is -2.78. The normalized spacial score (nSPS) is 10.7. The highest BCUT2D eigenvalue weighted by molar-refractivity contribution is 9.10. The van der Waals surface area contributed by atoms with E-state index in [9.17, 15) is 13.6 Å². The van der Waals surface area contributed by atoms with Gasteiger partial charge >= 0.3 is 5.97 Å². The van der Waals surface area contributed by atoms with E-state index in [-0.39, 0.29) is 12.3 Å². The summed E-state index contributed by atoms with van der Waals surface area (Å²) in [7, 11) is 0. The molecule has 0 aliphatic rings. The minimum Gasteiger partial charge on any atom is -0.461 e. The molecule has 0 amide bonds. The first-order valence-corrected chi connectivity index (χ1v) is 6.63. The van der Waals surface area contributed by atoms with Crippen LogP contribution in [0.3, 0.4) is 0 Å². The van der Waals surface area contributed by atoms with Crippen LogP contribution in [0.1, 0.15) is 35.1 Å². The van der Waals surface area contributed by atoms with Gasteiger partial charge < -0.3 is 4.74 Å². The van der Waals surface area contributed by atoms with E-state index >= 15 is 0 Å². The van der Waals surface area contributed by atoms with Gasteiger partial charge in [0.05, 0.1) is 17.9 Å². The molecule has 0 atom stereocenters. The SMILES string of the molecule is CCOC(=O)c1nc(CBr)c(Br)cc1C(F)F. The van der Waals surface area contributed by atoms with Gasteiger partial charge in [0.1, 0.15) is 0 Å². The molecule has 0 unspecified atom stereocenters. The van der Waals surface area contributed by atoms with Crippen molar-refractivity contribution in [2.45, 2.75) is 18.7 Å². The number of hydrogen-bond acceptors (Lipinski definition) is 3. The molecule has 0 saturated heterocycles. The van der Waals surface area contributed by atoms with Gasteiger partial charge in [0.2, 0.25) is 0 Å². The molecule has 3 nitrogen and oxygen atoms in total. The lowest BCUT2D eigenvalue weighted by Crippen LogP contribution is -2.12. The van der Waals surface area contributed by atoms with Crippen LogP contribution in [-0.2, 0) is 10.1 Å². The van der Waals surface area contributed by atoms with Crippen LogP contribution in [0.4, 0.5) is 8.78 Å². The molecule has 94 valence electrons. The number of esters is 1. The summed E-state index contributed by atoms with van der Waals surface area (Å²) in [5, 5.41) is 0.351. The third-order valence-electron chi connectivity index (χ3n) is 1.91. The van der Waals surface area contributed by atoms with Crippen molar-refractivity contribution < 1.29 is 18.3 Å². The molecule has 0 spiro atoms. The van der Waals surface area contributed by atoms with Crippen molar-refractivity contribution >= 4 is 37.8 Å². The first kappa shape index (κ1) is 14.5. The summed E-state index contributed by atoms with van der Waals surface area (Å²) in [5.74, 6) is -0.836. The average Bonchev–Trinajstić information content (AvgIpc) is 2.28. The molecule has 0 radical (unpaired) electrons. The second kappa shape index (κ2) is 6.39. The average molecular weight is 373 g/mol. The third kappa shape index (κ3) is 3.45. The minimum absolute atomic E-state index is 0.114. The zero-order valence-corrected chi connectivity index (χ0v) is 12.0. The van der Waals surface area contributed by atoms with E-state index in [0.717, 1.165) is 0 Å². The molecule has 0 saturated carbocycles. The van der Waals surface area contributed by atoms with Crippen molar-refractivity contribution in [2.75, 3.05) is 6.61 Å². The Morgan fingerprint density at radius 2 is 2.24 bits per heavy atom. The maximum absolute atomic E-state index is 12.8. The number of ether oxygens (including phenoxy) is 1. The number of halogens is 4. The van der Waals surface area contributed by atoms with Gasteiger partial charge in [-0.25, -0.2) is 18.6 Å². The second-order valence-corrected chi connectivity index (χ2v) is 4.42. The zero-order valence-electron chi connectivity index (χ0n) is 8.84. The van der Waals surface area contributed by atoms with E-state index in [0.29, 0.717) is 15.5 Å². The van der Waals surface area contributed by atoms with Crippen LogP contribution in [0.5, 0.6) is 0 Å². The molecule has 1 heterocycles. The van der Waals surface area contributed by atoms with Crippen LogP contribution >= 0.6 is 31.9 Å². The van der Waals surface area contributed by atoms with Gasteiger partial charge in [-0.1, -0.05) is 15.9 Å². The van der Waals surface area contributed by atoms with Crippen LogP contribution in [0.2, 0.25) is 0 Å². The molecule has 0 aliphatic heterocycles. The van der Waals surface area contributed by atoms with Crippen molar-refractivity contribution in [3.63, 3.8) is 0 Å². The van der Waals surface area contributed by atoms with Crippen molar-refractivity contribution in [1.82, 2.24) is 4.98 Å². The fourth-order valence-corrected chi connectivity index (χ4v) is 2.44. The molecule has 17 heavy (non-hydrogen) atoms. The number of alkyl halides is 3. The summed E-state index contributed by atoms with van der Waals surface area (Å²) in [6.07, 6.45) is -2.78. The topological polar surface area (TPSA) is 39.2 Å². The summed E-state index contributed by atoms with van der Waals surface area (Å²) in [5.41, 5.74) is -0.294. The molecule has 0 N–H and O–H groups in total. The molecular formula is C10H9Br2F2NO2. The molecule has 1 aromatic heterocycles. The number of pyridine rings is 1. The molecule has 0 bridgehead atoms. The number of carbonyl (C=O) groups is 1. The van der Waals surface area contributed by atoms with E-state index < -0.39 is 18.0 Å². The Balaban J connectivity index is 3.28. The molecule has 7 heteroatoms. The smallest absolute Gasteiger partial charge is 0.357 e. The highest BCUT2D eigenvalue weighted by Gasteiger charge is 2.23.